The van der Waals surface area contributed by atoms with E-state index in [1.807, 2.05) is 13.8 Å². The molecule has 0 spiro atoms. The van der Waals surface area contributed by atoms with Crippen LogP contribution >= 0.6 is 11.8 Å². The van der Waals surface area contributed by atoms with Gasteiger partial charge < -0.3 is 0 Å². The van der Waals surface area contributed by atoms with E-state index in [9.17, 15) is 13.2 Å². The first-order valence-electron chi connectivity index (χ1n) is 4.10. The van der Waals surface area contributed by atoms with Crippen molar-refractivity contribution < 1.29 is 13.2 Å². The van der Waals surface area contributed by atoms with Crippen LogP contribution in [-0.2, 0) is 0 Å². The molecule has 0 atom stereocenters. The van der Waals surface area contributed by atoms with Gasteiger partial charge in [0.2, 0.25) is 0 Å². The van der Waals surface area contributed by atoms with Crippen LogP contribution in [0.5, 0.6) is 0 Å². The van der Waals surface area contributed by atoms with Crippen LogP contribution in [0.4, 0.5) is 13.2 Å². The number of nitrogens with zero attached hydrogens (tertiary/aromatic N) is 1. The Labute approximate surface area is 84.7 Å². The minimum absolute atomic E-state index is 0.127. The highest BCUT2D eigenvalue weighted by Gasteiger charge is 2.29. The van der Waals surface area contributed by atoms with E-state index in [0.717, 1.165) is 5.69 Å². The Morgan fingerprint density at radius 1 is 1.29 bits per heavy atom. The second-order valence-corrected chi connectivity index (χ2v) is 4.26. The lowest BCUT2D eigenvalue weighted by molar-refractivity contribution is -0.0328. The van der Waals surface area contributed by atoms with Crippen molar-refractivity contribution >= 4 is 11.8 Å². The molecule has 0 aromatic carbocycles. The van der Waals surface area contributed by atoms with E-state index in [0.29, 0.717) is 0 Å². The van der Waals surface area contributed by atoms with Crippen LogP contribution in [0.15, 0.2) is 23.2 Å². The minimum Gasteiger partial charge on any atom is -0.260 e. The average Bonchev–Trinajstić information content (AvgIpc) is 2.02. The van der Waals surface area contributed by atoms with Crippen LogP contribution in [0.1, 0.15) is 25.5 Å². The Kier molecular flexibility index (Phi) is 3.42. The molecule has 0 radical (unpaired) electrons. The van der Waals surface area contributed by atoms with Gasteiger partial charge in [0.1, 0.15) is 0 Å². The predicted octanol–water partition coefficient (Wildman–Crippen LogP) is 3.82. The first-order chi connectivity index (χ1) is 6.38. The summed E-state index contributed by atoms with van der Waals surface area (Å²) in [6.07, 6.45) is 1.26. The van der Waals surface area contributed by atoms with Crippen LogP contribution < -0.4 is 0 Å². The Hall–Kier alpha value is -0.710. The van der Waals surface area contributed by atoms with Crippen LogP contribution in [0.2, 0.25) is 0 Å². The number of pyridine rings is 1. The van der Waals surface area contributed by atoms with Gasteiger partial charge >= 0.3 is 5.51 Å². The number of halogens is 3. The van der Waals surface area contributed by atoms with E-state index in [1.54, 1.807) is 6.07 Å². The maximum absolute atomic E-state index is 11.9. The molecule has 0 aliphatic heterocycles. The molecule has 0 fully saturated rings. The van der Waals surface area contributed by atoms with Crippen LogP contribution in [0.25, 0.3) is 0 Å². The van der Waals surface area contributed by atoms with Crippen molar-refractivity contribution in [3.05, 3.63) is 24.0 Å². The summed E-state index contributed by atoms with van der Waals surface area (Å²) in [6, 6.07) is 3.07. The monoisotopic (exact) mass is 221 g/mol. The van der Waals surface area contributed by atoms with E-state index < -0.39 is 5.51 Å². The van der Waals surface area contributed by atoms with Crippen molar-refractivity contribution in [2.45, 2.75) is 30.2 Å². The smallest absolute Gasteiger partial charge is 0.260 e. The molecule has 0 aliphatic rings. The van der Waals surface area contributed by atoms with Crippen molar-refractivity contribution in [2.24, 2.45) is 0 Å². The van der Waals surface area contributed by atoms with Crippen molar-refractivity contribution in [3.63, 3.8) is 0 Å². The summed E-state index contributed by atoms with van der Waals surface area (Å²) in [5.74, 6) is 0.236. The van der Waals surface area contributed by atoms with Crippen molar-refractivity contribution in [1.29, 1.82) is 0 Å². The topological polar surface area (TPSA) is 12.9 Å². The Bertz CT molecular complexity index is 292. The number of hydrogen-bond acceptors (Lipinski definition) is 2. The third-order valence-corrected chi connectivity index (χ3v) is 2.29. The van der Waals surface area contributed by atoms with Gasteiger partial charge in [0, 0.05) is 16.8 Å². The quantitative estimate of drug-likeness (QED) is 0.704. The summed E-state index contributed by atoms with van der Waals surface area (Å²) in [7, 11) is 0. The molecule has 1 rings (SSSR count). The van der Waals surface area contributed by atoms with Gasteiger partial charge in [-0.3, -0.25) is 4.98 Å². The second-order valence-electron chi connectivity index (χ2n) is 3.12. The molecule has 14 heavy (non-hydrogen) atoms. The number of hydrogen-bond donors (Lipinski definition) is 0. The maximum atomic E-state index is 11.9. The minimum atomic E-state index is -4.24. The van der Waals surface area contributed by atoms with E-state index in [2.05, 4.69) is 4.98 Å². The zero-order chi connectivity index (χ0) is 10.8. The third kappa shape index (κ3) is 3.57. The van der Waals surface area contributed by atoms with E-state index >= 15 is 0 Å². The molecule has 78 valence electrons. The molecule has 0 saturated carbocycles. The van der Waals surface area contributed by atoms with E-state index in [-0.39, 0.29) is 22.6 Å². The van der Waals surface area contributed by atoms with Gasteiger partial charge in [-0.05, 0) is 29.8 Å². The Balaban J connectivity index is 2.74. The van der Waals surface area contributed by atoms with Gasteiger partial charge in [-0.2, -0.15) is 13.2 Å². The van der Waals surface area contributed by atoms with Crippen molar-refractivity contribution in [2.75, 3.05) is 0 Å². The number of rotatable bonds is 2. The maximum Gasteiger partial charge on any atom is 0.446 e. The van der Waals surface area contributed by atoms with Gasteiger partial charge in [-0.25, -0.2) is 0 Å². The second kappa shape index (κ2) is 4.21. The third-order valence-electron chi connectivity index (χ3n) is 1.58. The molecule has 0 saturated heterocycles. The highest BCUT2D eigenvalue weighted by atomic mass is 32.2. The Morgan fingerprint density at radius 2 is 1.93 bits per heavy atom. The lowest BCUT2D eigenvalue weighted by Crippen LogP contribution is -2.00. The molecule has 0 N–H and O–H groups in total. The lowest BCUT2D eigenvalue weighted by atomic mass is 10.1. The highest BCUT2D eigenvalue weighted by molar-refractivity contribution is 8.00. The summed E-state index contributed by atoms with van der Waals surface area (Å²) in [5.41, 5.74) is -3.43. The first-order valence-corrected chi connectivity index (χ1v) is 4.92. The standard InChI is InChI=1S/C9H10F3NS/c1-6(2)8-4-3-7(5-13-8)14-9(10,11)12/h3-6H,1-2H3. The van der Waals surface area contributed by atoms with E-state index in [1.165, 1.54) is 12.3 Å². The molecule has 1 heterocycles. The fourth-order valence-corrected chi connectivity index (χ4v) is 1.44. The molecular weight excluding hydrogens is 211 g/mol. The van der Waals surface area contributed by atoms with Gasteiger partial charge in [0.15, 0.2) is 0 Å². The molecule has 1 aromatic heterocycles. The summed E-state index contributed by atoms with van der Waals surface area (Å²) in [5, 5.41) is 0. The van der Waals surface area contributed by atoms with Gasteiger partial charge in [0.05, 0.1) is 0 Å². The molecule has 0 amide bonds. The zero-order valence-corrected chi connectivity index (χ0v) is 8.62. The van der Waals surface area contributed by atoms with Gasteiger partial charge in [0.25, 0.3) is 0 Å². The number of alkyl halides is 3. The summed E-state index contributed by atoms with van der Waals surface area (Å²) in [4.78, 5) is 4.07. The van der Waals surface area contributed by atoms with Crippen molar-refractivity contribution in [3.8, 4) is 0 Å². The lowest BCUT2D eigenvalue weighted by Gasteiger charge is -2.07. The van der Waals surface area contributed by atoms with Gasteiger partial charge in [-0.15, -0.1) is 0 Å². The van der Waals surface area contributed by atoms with Gasteiger partial charge in [-0.1, -0.05) is 13.8 Å². The molecule has 5 heteroatoms. The summed E-state index contributed by atoms with van der Waals surface area (Å²) in [6.45, 7) is 3.89. The zero-order valence-electron chi connectivity index (χ0n) is 7.80. The normalized spacial score (nSPS) is 12.1. The number of aromatic nitrogens is 1. The van der Waals surface area contributed by atoms with E-state index in [4.69, 9.17) is 0 Å². The highest BCUT2D eigenvalue weighted by Crippen LogP contribution is 2.36. The van der Waals surface area contributed by atoms with Crippen LogP contribution in [0, 0.1) is 0 Å². The van der Waals surface area contributed by atoms with Crippen LogP contribution in [-0.4, -0.2) is 10.5 Å². The largest absolute Gasteiger partial charge is 0.446 e. The fraction of sp³-hybridized carbons (Fsp3) is 0.444. The molecule has 1 aromatic rings. The fourth-order valence-electron chi connectivity index (χ4n) is 0.927. The first kappa shape index (κ1) is 11.4. The van der Waals surface area contributed by atoms with Crippen molar-refractivity contribution in [1.82, 2.24) is 4.98 Å². The molecule has 0 aliphatic carbocycles. The molecule has 0 bridgehead atoms. The summed E-state index contributed by atoms with van der Waals surface area (Å²) >= 11 is -0.141. The molecule has 0 unspecified atom stereocenters. The van der Waals surface area contributed by atoms with Crippen LogP contribution in [0.3, 0.4) is 0 Å². The number of thioether (sulfide) groups is 1. The summed E-state index contributed by atoms with van der Waals surface area (Å²) < 4.78 is 35.8. The Morgan fingerprint density at radius 3 is 2.29 bits per heavy atom. The average molecular weight is 221 g/mol. The molecule has 1 nitrogen and oxygen atoms in total. The molecular formula is C9H10F3NS. The predicted molar refractivity (Wildman–Crippen MR) is 50.2 cm³/mol. The SMILES string of the molecule is CC(C)c1ccc(SC(F)(F)F)cn1.